The number of allylic oxidation sites excluding steroid dienone is 1. The summed E-state index contributed by atoms with van der Waals surface area (Å²) < 4.78 is 0. The third kappa shape index (κ3) is 8.26. The van der Waals surface area contributed by atoms with Crippen molar-refractivity contribution in [1.29, 1.82) is 0 Å². The molecule has 1 heteroatoms. The molecule has 1 aromatic rings. The zero-order valence-electron chi connectivity index (χ0n) is 14.4. The molecule has 0 fully saturated rings. The molecule has 0 spiro atoms. The van der Waals surface area contributed by atoms with Crippen LogP contribution in [0, 0.1) is 0 Å². The molecule has 0 atom stereocenters. The second kappa shape index (κ2) is 12.3. The highest BCUT2D eigenvalue weighted by molar-refractivity contribution is 5.37. The average molecular weight is 303 g/mol. The number of hydrogen-bond donors (Lipinski definition) is 1. The Bertz CT molecular complexity index is 408. The highest BCUT2D eigenvalue weighted by atomic mass is 16.3. The Morgan fingerprint density at radius 1 is 0.909 bits per heavy atom. The van der Waals surface area contributed by atoms with Crippen molar-refractivity contribution in [3.8, 4) is 5.75 Å². The molecule has 124 valence electrons. The van der Waals surface area contributed by atoms with Gasteiger partial charge in [-0.2, -0.15) is 0 Å². The summed E-state index contributed by atoms with van der Waals surface area (Å²) in [6.07, 6.45) is 17.5. The molecule has 0 aliphatic rings. The van der Waals surface area contributed by atoms with E-state index in [0.29, 0.717) is 5.75 Å². The molecule has 0 amide bonds. The van der Waals surface area contributed by atoms with Crippen molar-refractivity contribution in [2.24, 2.45) is 0 Å². The van der Waals surface area contributed by atoms with E-state index in [2.05, 4.69) is 25.6 Å². The Labute approximate surface area is 137 Å². The number of phenols is 1. The Balaban J connectivity index is 2.07. The Morgan fingerprint density at radius 3 is 2.09 bits per heavy atom. The smallest absolute Gasteiger partial charge is 0.119 e. The summed E-state index contributed by atoms with van der Waals surface area (Å²) in [7, 11) is 0. The predicted molar refractivity (Wildman–Crippen MR) is 97.6 cm³/mol. The van der Waals surface area contributed by atoms with Gasteiger partial charge < -0.3 is 5.11 Å². The van der Waals surface area contributed by atoms with Gasteiger partial charge in [0.1, 0.15) is 5.75 Å². The van der Waals surface area contributed by atoms with E-state index in [1.807, 2.05) is 12.1 Å². The second-order valence-electron chi connectivity index (χ2n) is 6.39. The normalized spacial score (nSPS) is 10.8. The monoisotopic (exact) mass is 302 g/mol. The van der Waals surface area contributed by atoms with Gasteiger partial charge in [-0.25, -0.2) is 0 Å². The van der Waals surface area contributed by atoms with Crippen molar-refractivity contribution in [2.45, 2.75) is 84.0 Å². The SMILES string of the molecule is C=CCc1cc(CCCCCCCCCCCC)ccc1O. The van der Waals surface area contributed by atoms with Gasteiger partial charge in [0, 0.05) is 0 Å². The van der Waals surface area contributed by atoms with Crippen LogP contribution in [0.1, 0.15) is 82.3 Å². The van der Waals surface area contributed by atoms with Crippen molar-refractivity contribution >= 4 is 0 Å². The first-order valence-corrected chi connectivity index (χ1v) is 9.19. The molecule has 0 aliphatic carbocycles. The van der Waals surface area contributed by atoms with Gasteiger partial charge in [0.25, 0.3) is 0 Å². The quantitative estimate of drug-likeness (QED) is 0.322. The highest BCUT2D eigenvalue weighted by Crippen LogP contribution is 2.21. The van der Waals surface area contributed by atoms with Gasteiger partial charge in [-0.1, -0.05) is 82.9 Å². The molecule has 0 aromatic heterocycles. The van der Waals surface area contributed by atoms with Gasteiger partial charge in [-0.05, 0) is 36.5 Å². The number of aromatic hydroxyl groups is 1. The summed E-state index contributed by atoms with van der Waals surface area (Å²) in [5, 5.41) is 9.76. The summed E-state index contributed by atoms with van der Waals surface area (Å²) in [4.78, 5) is 0. The number of unbranched alkanes of at least 4 members (excludes halogenated alkanes) is 9. The minimum Gasteiger partial charge on any atom is -0.508 e. The molecule has 1 nitrogen and oxygen atoms in total. The summed E-state index contributed by atoms with van der Waals surface area (Å²) in [5.41, 5.74) is 2.34. The number of phenolic OH excluding ortho intramolecular Hbond substituents is 1. The number of benzene rings is 1. The number of hydrogen-bond acceptors (Lipinski definition) is 1. The van der Waals surface area contributed by atoms with Crippen LogP contribution in [0.2, 0.25) is 0 Å². The molecule has 0 radical (unpaired) electrons. The maximum Gasteiger partial charge on any atom is 0.119 e. The molecule has 1 N–H and O–H groups in total. The third-order valence-electron chi connectivity index (χ3n) is 4.33. The average Bonchev–Trinajstić information content (AvgIpc) is 2.52. The van der Waals surface area contributed by atoms with Crippen LogP contribution < -0.4 is 0 Å². The minimum atomic E-state index is 0.395. The van der Waals surface area contributed by atoms with Crippen LogP contribution in [-0.2, 0) is 12.8 Å². The highest BCUT2D eigenvalue weighted by Gasteiger charge is 2.01. The molecule has 0 bridgehead atoms. The van der Waals surface area contributed by atoms with E-state index in [0.717, 1.165) is 18.4 Å². The molecular weight excluding hydrogens is 268 g/mol. The zero-order valence-corrected chi connectivity index (χ0v) is 14.4. The molecule has 0 saturated heterocycles. The van der Waals surface area contributed by atoms with Crippen molar-refractivity contribution in [3.05, 3.63) is 42.0 Å². The van der Waals surface area contributed by atoms with E-state index >= 15 is 0 Å². The predicted octanol–water partition coefficient (Wildman–Crippen LogP) is 6.58. The van der Waals surface area contributed by atoms with Crippen LogP contribution in [0.5, 0.6) is 5.75 Å². The first-order valence-electron chi connectivity index (χ1n) is 9.19. The van der Waals surface area contributed by atoms with E-state index in [1.165, 1.54) is 69.8 Å². The van der Waals surface area contributed by atoms with E-state index < -0.39 is 0 Å². The maximum atomic E-state index is 9.76. The van der Waals surface area contributed by atoms with Crippen molar-refractivity contribution in [1.82, 2.24) is 0 Å². The fraction of sp³-hybridized carbons (Fsp3) is 0.619. The van der Waals surface area contributed by atoms with Gasteiger partial charge in [0.05, 0.1) is 0 Å². The van der Waals surface area contributed by atoms with Crippen LogP contribution in [-0.4, -0.2) is 5.11 Å². The van der Waals surface area contributed by atoms with E-state index in [1.54, 1.807) is 0 Å². The largest absolute Gasteiger partial charge is 0.508 e. The Kier molecular flexibility index (Phi) is 10.5. The standard InChI is InChI=1S/C21H34O/c1-3-5-6-7-8-9-10-11-12-13-15-19-16-17-21(22)20(18-19)14-4-2/h4,16-18,22H,2-3,5-15H2,1H3. The van der Waals surface area contributed by atoms with Gasteiger partial charge in [0.2, 0.25) is 0 Å². The second-order valence-corrected chi connectivity index (χ2v) is 6.39. The number of rotatable bonds is 13. The van der Waals surface area contributed by atoms with E-state index in [4.69, 9.17) is 0 Å². The van der Waals surface area contributed by atoms with Gasteiger partial charge in [0.15, 0.2) is 0 Å². The summed E-state index contributed by atoms with van der Waals surface area (Å²) in [6.45, 7) is 6.02. The summed E-state index contributed by atoms with van der Waals surface area (Å²) >= 11 is 0. The molecule has 0 unspecified atom stereocenters. The van der Waals surface area contributed by atoms with E-state index in [-0.39, 0.29) is 0 Å². The zero-order chi connectivity index (χ0) is 16.0. The Morgan fingerprint density at radius 2 is 1.50 bits per heavy atom. The first-order chi connectivity index (χ1) is 10.8. The topological polar surface area (TPSA) is 20.2 Å². The molecule has 1 aromatic carbocycles. The van der Waals surface area contributed by atoms with Crippen molar-refractivity contribution < 1.29 is 5.11 Å². The van der Waals surface area contributed by atoms with Gasteiger partial charge in [-0.15, -0.1) is 6.58 Å². The van der Waals surface area contributed by atoms with Crippen LogP contribution in [0.15, 0.2) is 30.9 Å². The van der Waals surface area contributed by atoms with Crippen LogP contribution in [0.4, 0.5) is 0 Å². The molecule has 0 heterocycles. The summed E-state index contributed by atoms with van der Waals surface area (Å²) in [6, 6.07) is 6.00. The van der Waals surface area contributed by atoms with Crippen LogP contribution in [0.25, 0.3) is 0 Å². The third-order valence-corrected chi connectivity index (χ3v) is 4.33. The molecule has 22 heavy (non-hydrogen) atoms. The molecule has 0 aliphatic heterocycles. The van der Waals surface area contributed by atoms with Crippen molar-refractivity contribution in [2.75, 3.05) is 0 Å². The lowest BCUT2D eigenvalue weighted by molar-refractivity contribution is 0.469. The van der Waals surface area contributed by atoms with E-state index in [9.17, 15) is 5.11 Å². The summed E-state index contributed by atoms with van der Waals surface area (Å²) in [5.74, 6) is 0.395. The lowest BCUT2D eigenvalue weighted by Gasteiger charge is -2.06. The van der Waals surface area contributed by atoms with Crippen LogP contribution in [0.3, 0.4) is 0 Å². The first kappa shape index (κ1) is 18.8. The fourth-order valence-corrected chi connectivity index (χ4v) is 2.93. The number of aryl methyl sites for hydroxylation is 1. The van der Waals surface area contributed by atoms with Gasteiger partial charge in [-0.3, -0.25) is 0 Å². The maximum absolute atomic E-state index is 9.76. The van der Waals surface area contributed by atoms with Crippen LogP contribution >= 0.6 is 0 Å². The van der Waals surface area contributed by atoms with Crippen molar-refractivity contribution in [3.63, 3.8) is 0 Å². The fourth-order valence-electron chi connectivity index (χ4n) is 2.93. The lowest BCUT2D eigenvalue weighted by atomic mass is 10.0. The molecule has 1 rings (SSSR count). The minimum absolute atomic E-state index is 0.395. The molecule has 0 saturated carbocycles. The molecular formula is C21H34O. The lowest BCUT2D eigenvalue weighted by Crippen LogP contribution is -1.90. The Hall–Kier alpha value is -1.24. The van der Waals surface area contributed by atoms with Gasteiger partial charge >= 0.3 is 0 Å².